The van der Waals surface area contributed by atoms with E-state index >= 15 is 0 Å². The first-order valence-electron chi connectivity index (χ1n) is 7.48. The quantitative estimate of drug-likeness (QED) is 0.756. The maximum absolute atomic E-state index is 11.8. The van der Waals surface area contributed by atoms with Crippen LogP contribution in [-0.4, -0.2) is 41.6 Å². The van der Waals surface area contributed by atoms with Crippen LogP contribution in [0.3, 0.4) is 0 Å². The number of carbonyl (C=O) groups excluding carboxylic acids is 1. The fraction of sp³-hybridized carbons (Fsp3) is 0.353. The van der Waals surface area contributed by atoms with Crippen molar-refractivity contribution in [2.75, 3.05) is 20.8 Å². The molecule has 0 aliphatic carbocycles. The fourth-order valence-electron chi connectivity index (χ4n) is 2.51. The molecular weight excluding hydrogens is 314 g/mol. The number of nitrogens with zero attached hydrogens (tertiary/aromatic N) is 1. The Hall–Kier alpha value is -2.83. The van der Waals surface area contributed by atoms with E-state index in [0.717, 1.165) is 0 Å². The molecule has 0 radical (unpaired) electrons. The molecule has 1 aromatic carbocycles. The van der Waals surface area contributed by atoms with E-state index < -0.39 is 12.0 Å². The minimum Gasteiger partial charge on any atom is -0.494 e. The first-order chi connectivity index (χ1) is 11.5. The predicted octanol–water partition coefficient (Wildman–Crippen LogP) is 2.46. The lowest BCUT2D eigenvalue weighted by Crippen LogP contribution is -2.16. The molecule has 0 bridgehead atoms. The van der Waals surface area contributed by atoms with Crippen LogP contribution < -0.4 is 9.47 Å². The molecule has 0 aliphatic rings. The topological polar surface area (TPSA) is 90.2 Å². The molecule has 1 atom stereocenters. The van der Waals surface area contributed by atoms with Gasteiger partial charge < -0.3 is 24.4 Å². The number of rotatable bonds is 7. The van der Waals surface area contributed by atoms with E-state index in [-0.39, 0.29) is 18.2 Å². The molecule has 0 saturated carbocycles. The summed E-state index contributed by atoms with van der Waals surface area (Å²) in [6.45, 7) is 2.29. The number of esters is 1. The molecule has 2 aromatic rings. The van der Waals surface area contributed by atoms with Gasteiger partial charge in [0, 0.05) is 12.1 Å². The van der Waals surface area contributed by atoms with Gasteiger partial charge in [-0.25, -0.2) is 0 Å². The van der Waals surface area contributed by atoms with Crippen molar-refractivity contribution in [3.05, 3.63) is 35.9 Å². The minimum absolute atomic E-state index is 0.0653. The molecule has 2 rings (SSSR count). The maximum atomic E-state index is 11.8. The minimum atomic E-state index is -0.655. The summed E-state index contributed by atoms with van der Waals surface area (Å²) in [7, 11) is 2.82. The molecule has 0 amide bonds. The van der Waals surface area contributed by atoms with Gasteiger partial charge in [0.1, 0.15) is 0 Å². The van der Waals surface area contributed by atoms with E-state index in [1.54, 1.807) is 18.2 Å². The largest absolute Gasteiger partial charge is 0.494 e. The van der Waals surface area contributed by atoms with Crippen LogP contribution in [0.4, 0.5) is 0 Å². The van der Waals surface area contributed by atoms with E-state index in [0.29, 0.717) is 23.7 Å². The Morgan fingerprint density at radius 1 is 1.12 bits per heavy atom. The fourth-order valence-corrected chi connectivity index (χ4v) is 2.51. The molecule has 1 aromatic heterocycles. The molecule has 0 spiro atoms. The summed E-state index contributed by atoms with van der Waals surface area (Å²) in [5, 5.41) is 20.0. The first kappa shape index (κ1) is 17.5. The Morgan fingerprint density at radius 3 is 2.33 bits per heavy atom. The predicted molar refractivity (Wildman–Crippen MR) is 86.7 cm³/mol. The van der Waals surface area contributed by atoms with Gasteiger partial charge in [0.15, 0.2) is 23.3 Å². The zero-order valence-electron chi connectivity index (χ0n) is 13.9. The van der Waals surface area contributed by atoms with E-state index in [1.807, 2.05) is 6.92 Å². The van der Waals surface area contributed by atoms with E-state index in [2.05, 4.69) is 0 Å². The van der Waals surface area contributed by atoms with Gasteiger partial charge in [0.2, 0.25) is 0 Å². The molecule has 0 fully saturated rings. The van der Waals surface area contributed by atoms with Gasteiger partial charge in [-0.2, -0.15) is 0 Å². The number of ether oxygens (including phenoxy) is 3. The van der Waals surface area contributed by atoms with Crippen LogP contribution in [0.25, 0.3) is 0 Å². The lowest BCUT2D eigenvalue weighted by Gasteiger charge is -2.21. The smallest absolute Gasteiger partial charge is 0.307 e. The second kappa shape index (κ2) is 7.63. The van der Waals surface area contributed by atoms with Gasteiger partial charge in [-0.15, -0.1) is 0 Å². The zero-order valence-corrected chi connectivity index (χ0v) is 13.9. The molecule has 1 unspecified atom stereocenters. The average Bonchev–Trinajstić information content (AvgIpc) is 2.91. The third-order valence-electron chi connectivity index (χ3n) is 3.65. The lowest BCUT2D eigenvalue weighted by molar-refractivity contribution is -0.141. The van der Waals surface area contributed by atoms with Crippen molar-refractivity contribution in [2.24, 2.45) is 0 Å². The second-order valence-corrected chi connectivity index (χ2v) is 5.06. The van der Waals surface area contributed by atoms with Gasteiger partial charge in [-0.3, -0.25) is 9.36 Å². The molecule has 2 N–H and O–H groups in total. The number of hydrogen-bond donors (Lipinski definition) is 2. The summed E-state index contributed by atoms with van der Waals surface area (Å²) in [6, 6.07) is 7.22. The summed E-state index contributed by atoms with van der Waals surface area (Å²) in [6.07, 6.45) is -0.0653. The van der Waals surface area contributed by atoms with Gasteiger partial charge in [-0.1, -0.05) is 6.07 Å². The highest BCUT2D eigenvalue weighted by atomic mass is 16.5. The standard InChI is InChI=1S/C17H21NO6/c1-4-24-14-9-11(5-6-13(14)22-2)12(10-17(21)23-3)18-15(19)7-8-16(18)20/h5-9,12,19-20H,4,10H2,1-3H3. The summed E-state index contributed by atoms with van der Waals surface area (Å²) >= 11 is 0. The Kier molecular flexibility index (Phi) is 5.57. The lowest BCUT2D eigenvalue weighted by atomic mass is 10.0. The Bertz CT molecular complexity index is 690. The summed E-state index contributed by atoms with van der Waals surface area (Å²) in [5.74, 6) is 0.281. The molecule has 0 aliphatic heterocycles. The van der Waals surface area contributed by atoms with E-state index in [4.69, 9.17) is 14.2 Å². The summed E-state index contributed by atoms with van der Waals surface area (Å²) in [5.41, 5.74) is 0.659. The van der Waals surface area contributed by atoms with Crippen LogP contribution in [-0.2, 0) is 9.53 Å². The molecule has 7 nitrogen and oxygen atoms in total. The van der Waals surface area contributed by atoms with Gasteiger partial charge in [0.05, 0.1) is 33.3 Å². The molecule has 1 heterocycles. The van der Waals surface area contributed by atoms with Crippen LogP contribution in [0, 0.1) is 0 Å². The number of methoxy groups -OCH3 is 2. The third-order valence-corrected chi connectivity index (χ3v) is 3.65. The Labute approximate surface area is 140 Å². The normalized spacial score (nSPS) is 11.8. The second-order valence-electron chi connectivity index (χ2n) is 5.06. The third kappa shape index (κ3) is 3.56. The van der Waals surface area contributed by atoms with Crippen molar-refractivity contribution in [1.29, 1.82) is 0 Å². The van der Waals surface area contributed by atoms with Gasteiger partial charge in [0.25, 0.3) is 0 Å². The molecule has 24 heavy (non-hydrogen) atoms. The van der Waals surface area contributed by atoms with Crippen molar-refractivity contribution in [1.82, 2.24) is 4.57 Å². The van der Waals surface area contributed by atoms with Crippen molar-refractivity contribution in [2.45, 2.75) is 19.4 Å². The van der Waals surface area contributed by atoms with Gasteiger partial charge in [-0.05, 0) is 24.6 Å². The highest BCUT2D eigenvalue weighted by Gasteiger charge is 2.24. The molecule has 130 valence electrons. The van der Waals surface area contributed by atoms with Crippen molar-refractivity contribution in [3.63, 3.8) is 0 Å². The number of aromatic nitrogens is 1. The molecule has 0 saturated heterocycles. The van der Waals surface area contributed by atoms with Crippen molar-refractivity contribution < 1.29 is 29.2 Å². The van der Waals surface area contributed by atoms with Crippen LogP contribution in [0.15, 0.2) is 30.3 Å². The van der Waals surface area contributed by atoms with E-state index in [9.17, 15) is 15.0 Å². The number of aromatic hydroxyl groups is 2. The molecular formula is C17H21NO6. The van der Waals surface area contributed by atoms with Gasteiger partial charge >= 0.3 is 5.97 Å². The number of carbonyl (C=O) groups is 1. The zero-order chi connectivity index (χ0) is 17.7. The first-order valence-corrected chi connectivity index (χ1v) is 7.48. The Morgan fingerprint density at radius 2 is 1.79 bits per heavy atom. The van der Waals surface area contributed by atoms with Crippen LogP contribution in [0.2, 0.25) is 0 Å². The van der Waals surface area contributed by atoms with Crippen LogP contribution in [0.1, 0.15) is 24.9 Å². The number of hydrogen-bond acceptors (Lipinski definition) is 6. The highest BCUT2D eigenvalue weighted by molar-refractivity contribution is 5.70. The Balaban J connectivity index is 2.51. The monoisotopic (exact) mass is 335 g/mol. The maximum Gasteiger partial charge on any atom is 0.307 e. The molecule has 7 heteroatoms. The number of benzene rings is 1. The van der Waals surface area contributed by atoms with E-state index in [1.165, 1.54) is 30.9 Å². The SMILES string of the molecule is CCOc1cc(C(CC(=O)OC)n2c(O)ccc2O)ccc1OC. The summed E-state index contributed by atoms with van der Waals surface area (Å²) in [4.78, 5) is 11.8. The van der Waals surface area contributed by atoms with Crippen molar-refractivity contribution in [3.8, 4) is 23.3 Å². The van der Waals surface area contributed by atoms with Crippen molar-refractivity contribution >= 4 is 5.97 Å². The highest BCUT2D eigenvalue weighted by Crippen LogP contribution is 2.37. The average molecular weight is 335 g/mol. The van der Waals surface area contributed by atoms with Crippen LogP contribution >= 0.6 is 0 Å². The van der Waals surface area contributed by atoms with Crippen LogP contribution in [0.5, 0.6) is 23.3 Å². The summed E-state index contributed by atoms with van der Waals surface area (Å²) < 4.78 is 16.8.